The molecule has 0 fully saturated rings. The third-order valence-electron chi connectivity index (χ3n) is 3.48. The predicted molar refractivity (Wildman–Crippen MR) is 94.5 cm³/mol. The van der Waals surface area contributed by atoms with E-state index in [2.05, 4.69) is 10.1 Å². The molecule has 7 nitrogen and oxygen atoms in total. The Balaban J connectivity index is 3.16. The molecule has 1 atom stereocenters. The molecule has 1 rings (SSSR count). The van der Waals surface area contributed by atoms with Crippen molar-refractivity contribution in [1.82, 2.24) is 0 Å². The maximum Gasteiger partial charge on any atom is 0.375 e. The average Bonchev–Trinajstić information content (AvgIpc) is 2.55. The Hall–Kier alpha value is -3.09. The van der Waals surface area contributed by atoms with E-state index in [1.807, 2.05) is 6.92 Å². The molecule has 0 unspecified atom stereocenters. The van der Waals surface area contributed by atoms with E-state index in [0.29, 0.717) is 16.8 Å². The van der Waals surface area contributed by atoms with Crippen LogP contribution < -0.4 is 5.32 Å². The molecule has 26 heavy (non-hydrogen) atoms. The number of ether oxygens (including phenoxy) is 1. The molecule has 1 aromatic rings. The van der Waals surface area contributed by atoms with Crippen LogP contribution in [0.25, 0.3) is 0 Å². The second-order valence-corrected chi connectivity index (χ2v) is 6.05. The van der Waals surface area contributed by atoms with Gasteiger partial charge in [0.2, 0.25) is 5.78 Å². The standard InChI is InChI=1S/C19H21NO6/c1-10(2)8-14(21)15(17(23)19(25)26-5)16(22)18(24)20-13-7-6-11(3)9-12(13)4/h6-9,15H,1-5H3,(H,20,24)/t15-/m0/s1. The normalized spacial score (nSPS) is 11.1. The molecule has 0 aliphatic heterocycles. The molecule has 0 saturated carbocycles. The van der Waals surface area contributed by atoms with E-state index >= 15 is 0 Å². The average molecular weight is 359 g/mol. The van der Waals surface area contributed by atoms with Crippen LogP contribution >= 0.6 is 0 Å². The molecule has 0 saturated heterocycles. The minimum Gasteiger partial charge on any atom is -0.463 e. The van der Waals surface area contributed by atoms with Crippen molar-refractivity contribution in [1.29, 1.82) is 0 Å². The summed E-state index contributed by atoms with van der Waals surface area (Å²) in [7, 11) is 0.947. The highest BCUT2D eigenvalue weighted by Gasteiger charge is 2.40. The summed E-state index contributed by atoms with van der Waals surface area (Å²) >= 11 is 0. The van der Waals surface area contributed by atoms with Gasteiger partial charge in [0.25, 0.3) is 11.7 Å². The molecule has 0 heterocycles. The van der Waals surface area contributed by atoms with Crippen LogP contribution in [-0.2, 0) is 28.7 Å². The first-order chi connectivity index (χ1) is 12.1. The van der Waals surface area contributed by atoms with Crippen molar-refractivity contribution in [3.8, 4) is 0 Å². The van der Waals surface area contributed by atoms with Crippen molar-refractivity contribution in [2.75, 3.05) is 12.4 Å². The van der Waals surface area contributed by atoms with Crippen molar-refractivity contribution < 1.29 is 28.7 Å². The van der Waals surface area contributed by atoms with Gasteiger partial charge in [-0.1, -0.05) is 23.3 Å². The minimum absolute atomic E-state index is 0.368. The lowest BCUT2D eigenvalue weighted by atomic mass is 9.92. The van der Waals surface area contributed by atoms with Gasteiger partial charge in [-0.25, -0.2) is 4.79 Å². The van der Waals surface area contributed by atoms with Crippen LogP contribution in [0.2, 0.25) is 0 Å². The van der Waals surface area contributed by atoms with Crippen molar-refractivity contribution in [3.63, 3.8) is 0 Å². The van der Waals surface area contributed by atoms with Gasteiger partial charge in [-0.2, -0.15) is 0 Å². The number of carbonyl (C=O) groups is 5. The fourth-order valence-electron chi connectivity index (χ4n) is 2.23. The number of amides is 1. The van der Waals surface area contributed by atoms with Crippen molar-refractivity contribution in [2.24, 2.45) is 5.92 Å². The van der Waals surface area contributed by atoms with Gasteiger partial charge in [0.1, 0.15) is 0 Å². The van der Waals surface area contributed by atoms with Crippen LogP contribution in [0.3, 0.4) is 0 Å². The van der Waals surface area contributed by atoms with E-state index in [9.17, 15) is 24.0 Å². The molecular formula is C19H21NO6. The number of rotatable bonds is 7. The minimum atomic E-state index is -2.07. The molecule has 0 bridgehead atoms. The van der Waals surface area contributed by atoms with Gasteiger partial charge in [0.15, 0.2) is 11.7 Å². The summed E-state index contributed by atoms with van der Waals surface area (Å²) in [5, 5.41) is 2.37. The summed E-state index contributed by atoms with van der Waals surface area (Å²) in [5.74, 6) is -8.23. The van der Waals surface area contributed by atoms with Crippen molar-refractivity contribution in [3.05, 3.63) is 41.0 Å². The van der Waals surface area contributed by atoms with E-state index < -0.39 is 35.1 Å². The Morgan fingerprint density at radius 1 is 1.04 bits per heavy atom. The number of carbonyl (C=O) groups excluding carboxylic acids is 5. The monoisotopic (exact) mass is 359 g/mol. The van der Waals surface area contributed by atoms with E-state index in [1.54, 1.807) is 39.0 Å². The van der Waals surface area contributed by atoms with E-state index in [4.69, 9.17) is 0 Å². The Morgan fingerprint density at radius 3 is 2.15 bits per heavy atom. The number of esters is 1. The predicted octanol–water partition coefficient (Wildman–Crippen LogP) is 1.70. The fraction of sp³-hybridized carbons (Fsp3) is 0.316. The lowest BCUT2D eigenvalue weighted by Gasteiger charge is -2.12. The molecule has 0 radical (unpaired) electrons. The Bertz CT molecular complexity index is 802. The topological polar surface area (TPSA) is 107 Å². The summed E-state index contributed by atoms with van der Waals surface area (Å²) in [6.07, 6.45) is 1.04. The van der Waals surface area contributed by atoms with Gasteiger partial charge in [0, 0.05) is 5.69 Å². The number of nitrogens with one attached hydrogen (secondary N) is 1. The van der Waals surface area contributed by atoms with Crippen LogP contribution in [0.1, 0.15) is 25.0 Å². The molecule has 1 N–H and O–H groups in total. The Morgan fingerprint density at radius 2 is 1.65 bits per heavy atom. The summed E-state index contributed by atoms with van der Waals surface area (Å²) < 4.78 is 4.28. The van der Waals surface area contributed by atoms with Gasteiger partial charge in [-0.05, 0) is 45.4 Å². The molecule has 0 spiro atoms. The van der Waals surface area contributed by atoms with E-state index in [0.717, 1.165) is 18.7 Å². The maximum absolute atomic E-state index is 12.4. The van der Waals surface area contributed by atoms with Gasteiger partial charge in [0.05, 0.1) is 7.11 Å². The number of hydrogen-bond donors (Lipinski definition) is 1. The highest BCUT2D eigenvalue weighted by molar-refractivity contribution is 6.55. The lowest BCUT2D eigenvalue weighted by molar-refractivity contribution is -0.157. The third kappa shape index (κ3) is 5.20. The molecule has 0 aliphatic carbocycles. The van der Waals surface area contributed by atoms with Crippen LogP contribution in [-0.4, -0.2) is 36.3 Å². The van der Waals surface area contributed by atoms with Crippen LogP contribution in [0.4, 0.5) is 5.69 Å². The van der Waals surface area contributed by atoms with Crippen molar-refractivity contribution in [2.45, 2.75) is 27.7 Å². The molecule has 1 amide bonds. The van der Waals surface area contributed by atoms with Gasteiger partial charge < -0.3 is 10.1 Å². The molecule has 1 aromatic carbocycles. The first-order valence-electron chi connectivity index (χ1n) is 7.81. The summed E-state index contributed by atoms with van der Waals surface area (Å²) in [6, 6.07) is 5.13. The number of allylic oxidation sites excluding steroid dienone is 2. The highest BCUT2D eigenvalue weighted by Crippen LogP contribution is 2.17. The van der Waals surface area contributed by atoms with Gasteiger partial charge in [-0.3, -0.25) is 19.2 Å². The second kappa shape index (κ2) is 8.84. The smallest absolute Gasteiger partial charge is 0.375 e. The summed E-state index contributed by atoms with van der Waals surface area (Å²) in [5.41, 5.74) is 2.55. The van der Waals surface area contributed by atoms with Crippen molar-refractivity contribution >= 4 is 34.9 Å². The lowest BCUT2D eigenvalue weighted by Crippen LogP contribution is -2.42. The maximum atomic E-state index is 12.4. The zero-order chi connectivity index (χ0) is 20.0. The van der Waals surface area contributed by atoms with Gasteiger partial charge in [-0.15, -0.1) is 0 Å². The Kier molecular flexibility index (Phi) is 7.13. The first kappa shape index (κ1) is 21.0. The fourth-order valence-corrected chi connectivity index (χ4v) is 2.23. The van der Waals surface area contributed by atoms with Crippen LogP contribution in [0.5, 0.6) is 0 Å². The zero-order valence-electron chi connectivity index (χ0n) is 15.3. The number of hydrogen-bond acceptors (Lipinski definition) is 6. The van der Waals surface area contributed by atoms with E-state index in [1.165, 1.54) is 0 Å². The van der Waals surface area contributed by atoms with Gasteiger partial charge >= 0.3 is 5.97 Å². The highest BCUT2D eigenvalue weighted by atomic mass is 16.5. The number of anilines is 1. The number of ketones is 3. The molecular weight excluding hydrogens is 338 g/mol. The zero-order valence-corrected chi connectivity index (χ0v) is 15.3. The summed E-state index contributed by atoms with van der Waals surface area (Å²) in [4.78, 5) is 60.5. The largest absolute Gasteiger partial charge is 0.463 e. The number of Topliss-reactive ketones (excluding diaryl/α,β-unsaturated/α-hetero) is 2. The quantitative estimate of drug-likeness (QED) is 0.344. The summed E-state index contributed by atoms with van der Waals surface area (Å²) in [6.45, 7) is 6.76. The molecule has 138 valence electrons. The number of aryl methyl sites for hydroxylation is 2. The SMILES string of the molecule is COC(=O)C(=O)[C@@H](C(=O)C=C(C)C)C(=O)C(=O)Nc1ccc(C)cc1C. The number of methoxy groups -OCH3 is 1. The third-order valence-corrected chi connectivity index (χ3v) is 3.48. The molecule has 0 aromatic heterocycles. The van der Waals surface area contributed by atoms with E-state index in [-0.39, 0.29) is 0 Å². The molecule has 7 heteroatoms. The van der Waals surface area contributed by atoms with Crippen LogP contribution in [0, 0.1) is 19.8 Å². The Labute approximate surface area is 151 Å². The van der Waals surface area contributed by atoms with Crippen LogP contribution in [0.15, 0.2) is 29.8 Å². The first-order valence-corrected chi connectivity index (χ1v) is 7.81. The second-order valence-electron chi connectivity index (χ2n) is 6.05. The molecule has 0 aliphatic rings. The number of benzene rings is 1.